The Hall–Kier alpha value is -2.07. The van der Waals surface area contributed by atoms with Crippen LogP contribution in [0.4, 0.5) is 10.1 Å². The third-order valence-electron chi connectivity index (χ3n) is 2.30. The third-order valence-corrected chi connectivity index (χ3v) is 2.53. The zero-order valence-electron chi connectivity index (χ0n) is 9.15. The van der Waals surface area contributed by atoms with Crippen molar-refractivity contribution in [3.8, 4) is 5.75 Å². The number of anilines is 1. The van der Waals surface area contributed by atoms with Crippen molar-refractivity contribution >= 4 is 23.2 Å². The molecule has 0 aliphatic carbocycles. The lowest BCUT2D eigenvalue weighted by atomic mass is 10.2. The van der Waals surface area contributed by atoms with Crippen LogP contribution in [0, 0.1) is 5.82 Å². The summed E-state index contributed by atoms with van der Waals surface area (Å²) in [5.74, 6) is -1.15. The van der Waals surface area contributed by atoms with E-state index in [1.54, 1.807) is 0 Å². The number of carbonyl (C=O) groups excluding carboxylic acids is 1. The number of phenols is 1. The molecule has 2 aromatic carbocycles. The molecule has 0 aromatic heterocycles. The highest BCUT2D eigenvalue weighted by atomic mass is 35.5. The van der Waals surface area contributed by atoms with Crippen LogP contribution in [0.25, 0.3) is 0 Å². The maximum Gasteiger partial charge on any atom is 0.258 e. The highest BCUT2D eigenvalue weighted by Crippen LogP contribution is 2.18. The van der Waals surface area contributed by atoms with E-state index in [1.165, 1.54) is 36.4 Å². The van der Waals surface area contributed by atoms with Crippen molar-refractivity contribution in [3.05, 3.63) is 58.9 Å². The molecule has 0 fully saturated rings. The number of hydrogen-bond acceptors (Lipinski definition) is 2. The quantitative estimate of drug-likeness (QED) is 0.817. The van der Waals surface area contributed by atoms with Crippen LogP contribution < -0.4 is 5.32 Å². The smallest absolute Gasteiger partial charge is 0.258 e. The van der Waals surface area contributed by atoms with E-state index in [0.717, 1.165) is 6.07 Å². The zero-order chi connectivity index (χ0) is 13.1. The molecule has 2 N–H and O–H groups in total. The number of amides is 1. The van der Waals surface area contributed by atoms with Crippen LogP contribution in [0.5, 0.6) is 5.75 Å². The van der Waals surface area contributed by atoms with E-state index in [0.29, 0.717) is 5.69 Å². The lowest BCUT2D eigenvalue weighted by Gasteiger charge is -2.06. The maximum absolute atomic E-state index is 13.4. The number of phenolic OH excluding ortho intramolecular Hbond substituents is 1. The summed E-state index contributed by atoms with van der Waals surface area (Å²) >= 11 is 5.70. The minimum atomic E-state index is -0.643. The van der Waals surface area contributed by atoms with E-state index in [9.17, 15) is 9.18 Å². The van der Waals surface area contributed by atoms with Gasteiger partial charge in [0.1, 0.15) is 11.6 Å². The van der Waals surface area contributed by atoms with E-state index >= 15 is 0 Å². The van der Waals surface area contributed by atoms with Gasteiger partial charge >= 0.3 is 0 Å². The van der Waals surface area contributed by atoms with Gasteiger partial charge in [-0.15, -0.1) is 0 Å². The predicted octanol–water partition coefficient (Wildman–Crippen LogP) is 3.44. The van der Waals surface area contributed by atoms with Gasteiger partial charge in [0.25, 0.3) is 5.91 Å². The minimum absolute atomic E-state index is 0.0851. The van der Waals surface area contributed by atoms with Gasteiger partial charge in [-0.2, -0.15) is 0 Å². The molecule has 0 heterocycles. The van der Waals surface area contributed by atoms with Crippen molar-refractivity contribution in [1.82, 2.24) is 0 Å². The molecule has 2 aromatic rings. The molecule has 92 valence electrons. The summed E-state index contributed by atoms with van der Waals surface area (Å²) in [7, 11) is 0. The second kappa shape index (κ2) is 5.06. The standard InChI is InChI=1S/C13H9ClFNO2/c14-8-1-6-12(15)11(7-8)13(18)16-9-2-4-10(17)5-3-9/h1-7,17H,(H,16,18). The largest absolute Gasteiger partial charge is 0.508 e. The molecule has 1 amide bonds. The average Bonchev–Trinajstić information content (AvgIpc) is 2.35. The monoisotopic (exact) mass is 265 g/mol. The normalized spacial score (nSPS) is 10.1. The van der Waals surface area contributed by atoms with Gasteiger partial charge in [0, 0.05) is 10.7 Å². The topological polar surface area (TPSA) is 49.3 Å². The van der Waals surface area contributed by atoms with Crippen LogP contribution >= 0.6 is 11.6 Å². The second-order valence-electron chi connectivity index (χ2n) is 3.63. The van der Waals surface area contributed by atoms with Gasteiger partial charge in [-0.3, -0.25) is 4.79 Å². The first-order chi connectivity index (χ1) is 8.56. The average molecular weight is 266 g/mol. The van der Waals surface area contributed by atoms with Gasteiger partial charge in [-0.05, 0) is 42.5 Å². The van der Waals surface area contributed by atoms with E-state index in [-0.39, 0.29) is 16.3 Å². The molecule has 0 spiro atoms. The van der Waals surface area contributed by atoms with Crippen molar-refractivity contribution in [2.75, 3.05) is 5.32 Å². The molecule has 0 aliphatic heterocycles. The molecule has 18 heavy (non-hydrogen) atoms. The molecule has 0 saturated heterocycles. The molecular weight excluding hydrogens is 257 g/mol. The number of halogens is 2. The van der Waals surface area contributed by atoms with Crippen molar-refractivity contribution in [3.63, 3.8) is 0 Å². The SMILES string of the molecule is O=C(Nc1ccc(O)cc1)c1cc(Cl)ccc1F. The van der Waals surface area contributed by atoms with Crippen LogP contribution in [-0.4, -0.2) is 11.0 Å². The van der Waals surface area contributed by atoms with Crippen LogP contribution in [0.15, 0.2) is 42.5 Å². The number of hydrogen-bond donors (Lipinski definition) is 2. The summed E-state index contributed by atoms with van der Waals surface area (Å²) in [6.07, 6.45) is 0. The third kappa shape index (κ3) is 2.78. The van der Waals surface area contributed by atoms with Crippen molar-refractivity contribution in [1.29, 1.82) is 0 Å². The molecule has 0 unspecified atom stereocenters. The molecule has 0 aliphatic rings. The van der Waals surface area contributed by atoms with Crippen molar-refractivity contribution < 1.29 is 14.3 Å². The number of carbonyl (C=O) groups is 1. The first-order valence-corrected chi connectivity index (χ1v) is 5.49. The lowest BCUT2D eigenvalue weighted by molar-refractivity contribution is 0.102. The fourth-order valence-corrected chi connectivity index (χ4v) is 1.59. The van der Waals surface area contributed by atoms with Gasteiger partial charge in [0.05, 0.1) is 5.56 Å². The van der Waals surface area contributed by atoms with Crippen LogP contribution in [-0.2, 0) is 0 Å². The molecule has 0 radical (unpaired) electrons. The first-order valence-electron chi connectivity index (χ1n) is 5.12. The Morgan fingerprint density at radius 1 is 1.17 bits per heavy atom. The van der Waals surface area contributed by atoms with Gasteiger partial charge in [0.2, 0.25) is 0 Å². The molecule has 2 rings (SSSR count). The Morgan fingerprint density at radius 3 is 2.50 bits per heavy atom. The maximum atomic E-state index is 13.4. The summed E-state index contributed by atoms with van der Waals surface area (Å²) in [5.41, 5.74) is 0.327. The molecule has 0 atom stereocenters. The Morgan fingerprint density at radius 2 is 1.83 bits per heavy atom. The number of benzene rings is 2. The van der Waals surface area contributed by atoms with Crippen LogP contribution in [0.2, 0.25) is 5.02 Å². The van der Waals surface area contributed by atoms with Gasteiger partial charge in [-0.1, -0.05) is 11.6 Å². The highest BCUT2D eigenvalue weighted by molar-refractivity contribution is 6.31. The number of aromatic hydroxyl groups is 1. The summed E-state index contributed by atoms with van der Waals surface area (Å²) in [4.78, 5) is 11.8. The Labute approximate surface area is 108 Å². The van der Waals surface area contributed by atoms with Crippen LogP contribution in [0.3, 0.4) is 0 Å². The van der Waals surface area contributed by atoms with E-state index in [1.807, 2.05) is 0 Å². The zero-order valence-corrected chi connectivity index (χ0v) is 9.91. The summed E-state index contributed by atoms with van der Waals surface area (Å²) < 4.78 is 13.4. The minimum Gasteiger partial charge on any atom is -0.508 e. The fourth-order valence-electron chi connectivity index (χ4n) is 1.41. The van der Waals surface area contributed by atoms with Gasteiger partial charge in [0.15, 0.2) is 0 Å². The van der Waals surface area contributed by atoms with Gasteiger partial charge < -0.3 is 10.4 Å². The Bertz CT molecular complexity index is 584. The van der Waals surface area contributed by atoms with E-state index < -0.39 is 11.7 Å². The lowest BCUT2D eigenvalue weighted by Crippen LogP contribution is -2.13. The van der Waals surface area contributed by atoms with Crippen molar-refractivity contribution in [2.24, 2.45) is 0 Å². The Kier molecular flexibility index (Phi) is 3.48. The van der Waals surface area contributed by atoms with E-state index in [2.05, 4.69) is 5.32 Å². The molecular formula is C13H9ClFNO2. The summed E-state index contributed by atoms with van der Waals surface area (Å²) in [6, 6.07) is 9.62. The summed E-state index contributed by atoms with van der Waals surface area (Å²) in [6.45, 7) is 0. The van der Waals surface area contributed by atoms with E-state index in [4.69, 9.17) is 16.7 Å². The molecule has 5 heteroatoms. The summed E-state index contributed by atoms with van der Waals surface area (Å²) in [5, 5.41) is 11.9. The number of nitrogens with one attached hydrogen (secondary N) is 1. The molecule has 3 nitrogen and oxygen atoms in total. The second-order valence-corrected chi connectivity index (χ2v) is 4.06. The van der Waals surface area contributed by atoms with Crippen LogP contribution in [0.1, 0.15) is 10.4 Å². The number of rotatable bonds is 2. The molecule has 0 bridgehead atoms. The predicted molar refractivity (Wildman–Crippen MR) is 67.5 cm³/mol. The highest BCUT2D eigenvalue weighted by Gasteiger charge is 2.12. The van der Waals surface area contributed by atoms with Gasteiger partial charge in [-0.25, -0.2) is 4.39 Å². The van der Waals surface area contributed by atoms with Crippen molar-refractivity contribution in [2.45, 2.75) is 0 Å². The first kappa shape index (κ1) is 12.4. The Balaban J connectivity index is 2.21. The fraction of sp³-hybridized carbons (Fsp3) is 0. The molecule has 0 saturated carbocycles.